The van der Waals surface area contributed by atoms with Crippen LogP contribution in [0.3, 0.4) is 0 Å². The summed E-state index contributed by atoms with van der Waals surface area (Å²) in [4.78, 5) is 14.4. The molecular weight excluding hydrogens is 242 g/mol. The Morgan fingerprint density at radius 2 is 2.31 bits per heavy atom. The molecule has 0 aliphatic rings. The van der Waals surface area contributed by atoms with Crippen LogP contribution in [0, 0.1) is 11.3 Å². The lowest BCUT2D eigenvalue weighted by atomic mass is 10.1. The number of methoxy groups -OCH3 is 1. The second-order valence-corrected chi connectivity index (χ2v) is 3.02. The van der Waals surface area contributed by atoms with Gasteiger partial charge in [-0.1, -0.05) is 11.6 Å². The summed E-state index contributed by atoms with van der Waals surface area (Å²) in [5.41, 5.74) is -1.37. The first-order chi connectivity index (χ1) is 7.51. The van der Waals surface area contributed by atoms with E-state index in [9.17, 15) is 13.6 Å². The van der Waals surface area contributed by atoms with E-state index in [1.807, 2.05) is 0 Å². The van der Waals surface area contributed by atoms with Crippen molar-refractivity contribution in [1.82, 2.24) is 4.98 Å². The molecule has 0 aliphatic heterocycles. The van der Waals surface area contributed by atoms with E-state index in [1.54, 1.807) is 0 Å². The molecule has 0 saturated carbocycles. The second kappa shape index (κ2) is 4.86. The topological polar surface area (TPSA) is 63.0 Å². The molecule has 0 aromatic carbocycles. The fourth-order valence-electron chi connectivity index (χ4n) is 1.01. The molecule has 0 spiro atoms. The molecule has 1 heterocycles. The average Bonchev–Trinajstić information content (AvgIpc) is 2.27. The zero-order chi connectivity index (χ0) is 12.3. The maximum atomic E-state index is 12.4. The number of aromatic nitrogens is 1. The number of carbonyl (C=O) groups is 1. The summed E-state index contributed by atoms with van der Waals surface area (Å²) in [5.74, 6) is -0.838. The minimum absolute atomic E-state index is 0.217. The molecule has 4 nitrogen and oxygen atoms in total. The van der Waals surface area contributed by atoms with Crippen LogP contribution in [-0.2, 0) is 4.74 Å². The smallest absolute Gasteiger partial charge is 0.341 e. The number of pyridine rings is 1. The fraction of sp³-hybridized carbons (Fsp3) is 0.222. The Labute approximate surface area is 94.4 Å². The van der Waals surface area contributed by atoms with Crippen molar-refractivity contribution in [2.45, 2.75) is 6.43 Å². The highest BCUT2D eigenvalue weighted by Crippen LogP contribution is 2.25. The first kappa shape index (κ1) is 12.3. The molecule has 0 saturated heterocycles. The van der Waals surface area contributed by atoms with E-state index < -0.39 is 28.8 Å². The number of halogens is 3. The summed E-state index contributed by atoms with van der Waals surface area (Å²) in [6.45, 7) is 0. The van der Waals surface area contributed by atoms with Crippen molar-refractivity contribution in [2.24, 2.45) is 0 Å². The normalized spacial score (nSPS) is 10.0. The van der Waals surface area contributed by atoms with E-state index in [2.05, 4.69) is 9.72 Å². The summed E-state index contributed by atoms with van der Waals surface area (Å²) < 4.78 is 29.2. The van der Waals surface area contributed by atoms with E-state index in [1.165, 1.54) is 6.07 Å². The maximum absolute atomic E-state index is 12.4. The summed E-state index contributed by atoms with van der Waals surface area (Å²) in [7, 11) is 1.10. The number of nitriles is 1. The van der Waals surface area contributed by atoms with Gasteiger partial charge in [0.2, 0.25) is 0 Å². The Kier molecular flexibility index (Phi) is 3.74. The van der Waals surface area contributed by atoms with E-state index in [0.717, 1.165) is 13.2 Å². The largest absolute Gasteiger partial charge is 0.465 e. The van der Waals surface area contributed by atoms with Gasteiger partial charge < -0.3 is 4.74 Å². The molecule has 0 unspecified atom stereocenters. The van der Waals surface area contributed by atoms with Crippen molar-refractivity contribution in [3.05, 3.63) is 28.0 Å². The molecule has 0 amide bonds. The lowest BCUT2D eigenvalue weighted by Gasteiger charge is -2.06. The first-order valence-corrected chi connectivity index (χ1v) is 4.36. The van der Waals surface area contributed by atoms with E-state index in [-0.39, 0.29) is 5.56 Å². The van der Waals surface area contributed by atoms with Gasteiger partial charge in [0.15, 0.2) is 0 Å². The molecule has 16 heavy (non-hydrogen) atoms. The van der Waals surface area contributed by atoms with Crippen LogP contribution in [0.1, 0.15) is 28.0 Å². The Hall–Kier alpha value is -1.74. The molecule has 1 aromatic heterocycles. The Bertz CT molecular complexity index is 471. The number of alkyl halides is 2. The van der Waals surface area contributed by atoms with Gasteiger partial charge in [0.25, 0.3) is 6.43 Å². The highest BCUT2D eigenvalue weighted by molar-refractivity contribution is 6.32. The standard InChI is InChI=1S/C9H5ClF2N2O2/c1-16-9(15)5-2-4(3-13)6(8(11)12)14-7(5)10/h2,8H,1H3. The molecule has 0 bridgehead atoms. The molecule has 1 aromatic rings. The SMILES string of the molecule is COC(=O)c1cc(C#N)c(C(F)F)nc1Cl. The van der Waals surface area contributed by atoms with Crippen molar-refractivity contribution < 1.29 is 18.3 Å². The average molecular weight is 247 g/mol. The molecule has 1 rings (SSSR count). The van der Waals surface area contributed by atoms with Gasteiger partial charge in [-0.25, -0.2) is 18.6 Å². The van der Waals surface area contributed by atoms with Gasteiger partial charge in [0, 0.05) is 0 Å². The van der Waals surface area contributed by atoms with Crippen LogP contribution in [-0.4, -0.2) is 18.1 Å². The number of esters is 1. The quantitative estimate of drug-likeness (QED) is 0.593. The molecule has 0 aliphatic carbocycles. The predicted octanol–water partition coefficient (Wildman–Crippen LogP) is 2.33. The van der Waals surface area contributed by atoms with Crippen LogP contribution in [0.4, 0.5) is 8.78 Å². The third-order valence-electron chi connectivity index (χ3n) is 1.74. The third-order valence-corrected chi connectivity index (χ3v) is 2.03. The number of carbonyl (C=O) groups excluding carboxylic acids is 1. The van der Waals surface area contributed by atoms with Crippen LogP contribution in [0.2, 0.25) is 5.15 Å². The summed E-state index contributed by atoms with van der Waals surface area (Å²) in [6, 6.07) is 2.45. The van der Waals surface area contributed by atoms with Crippen LogP contribution >= 0.6 is 11.6 Å². The highest BCUT2D eigenvalue weighted by atomic mass is 35.5. The van der Waals surface area contributed by atoms with Crippen molar-refractivity contribution in [1.29, 1.82) is 5.26 Å². The van der Waals surface area contributed by atoms with E-state index >= 15 is 0 Å². The Balaban J connectivity index is 3.38. The predicted molar refractivity (Wildman–Crippen MR) is 50.3 cm³/mol. The molecular formula is C9H5ClF2N2O2. The Morgan fingerprint density at radius 3 is 2.75 bits per heavy atom. The molecule has 84 valence electrons. The summed E-state index contributed by atoms with van der Waals surface area (Å²) in [5, 5.41) is 8.20. The molecule has 0 atom stereocenters. The van der Waals surface area contributed by atoms with E-state index in [4.69, 9.17) is 16.9 Å². The molecule has 0 fully saturated rings. The van der Waals surface area contributed by atoms with Crippen LogP contribution < -0.4 is 0 Å². The number of hydrogen-bond acceptors (Lipinski definition) is 4. The van der Waals surface area contributed by atoms with Crippen molar-refractivity contribution >= 4 is 17.6 Å². The second-order valence-electron chi connectivity index (χ2n) is 2.66. The fourth-order valence-corrected chi connectivity index (χ4v) is 1.24. The van der Waals surface area contributed by atoms with Crippen molar-refractivity contribution in [3.8, 4) is 6.07 Å². The number of rotatable bonds is 2. The number of hydrogen-bond donors (Lipinski definition) is 0. The molecule has 7 heteroatoms. The van der Waals surface area contributed by atoms with Gasteiger partial charge in [0.1, 0.15) is 16.9 Å². The van der Waals surface area contributed by atoms with Crippen LogP contribution in [0.5, 0.6) is 0 Å². The minimum Gasteiger partial charge on any atom is -0.465 e. The maximum Gasteiger partial charge on any atom is 0.341 e. The van der Waals surface area contributed by atoms with Gasteiger partial charge in [0.05, 0.1) is 18.2 Å². The summed E-state index contributed by atoms with van der Waals surface area (Å²) >= 11 is 5.52. The zero-order valence-electron chi connectivity index (χ0n) is 8.00. The third kappa shape index (κ3) is 2.25. The van der Waals surface area contributed by atoms with Gasteiger partial charge in [-0.05, 0) is 6.07 Å². The number of ether oxygens (including phenoxy) is 1. The van der Waals surface area contributed by atoms with Gasteiger partial charge in [-0.3, -0.25) is 0 Å². The lowest BCUT2D eigenvalue weighted by Crippen LogP contribution is -2.07. The zero-order valence-corrected chi connectivity index (χ0v) is 8.76. The van der Waals surface area contributed by atoms with Crippen LogP contribution in [0.15, 0.2) is 6.07 Å². The lowest BCUT2D eigenvalue weighted by molar-refractivity contribution is 0.0599. The van der Waals surface area contributed by atoms with Gasteiger partial charge >= 0.3 is 5.97 Å². The highest BCUT2D eigenvalue weighted by Gasteiger charge is 2.21. The van der Waals surface area contributed by atoms with Crippen molar-refractivity contribution in [3.63, 3.8) is 0 Å². The van der Waals surface area contributed by atoms with Gasteiger partial charge in [-0.15, -0.1) is 0 Å². The van der Waals surface area contributed by atoms with Crippen molar-refractivity contribution in [2.75, 3.05) is 7.11 Å². The molecule has 0 N–H and O–H groups in total. The van der Waals surface area contributed by atoms with E-state index in [0.29, 0.717) is 0 Å². The number of nitrogens with zero attached hydrogens (tertiary/aromatic N) is 2. The van der Waals surface area contributed by atoms with Gasteiger partial charge in [-0.2, -0.15) is 5.26 Å². The van der Waals surface area contributed by atoms with Crippen LogP contribution in [0.25, 0.3) is 0 Å². The first-order valence-electron chi connectivity index (χ1n) is 3.98. The minimum atomic E-state index is -2.93. The molecule has 0 radical (unpaired) electrons. The Morgan fingerprint density at radius 1 is 1.69 bits per heavy atom. The summed E-state index contributed by atoms with van der Waals surface area (Å²) in [6.07, 6.45) is -2.93. The monoisotopic (exact) mass is 246 g/mol.